The highest BCUT2D eigenvalue weighted by molar-refractivity contribution is 14.0. The minimum atomic E-state index is 0. The van der Waals surface area contributed by atoms with Crippen LogP contribution in [0.25, 0.3) is 0 Å². The second-order valence-corrected chi connectivity index (χ2v) is 6.17. The highest BCUT2D eigenvalue weighted by atomic mass is 127. The van der Waals surface area contributed by atoms with Gasteiger partial charge in [0.05, 0.1) is 19.8 Å². The first-order chi connectivity index (χ1) is 9.78. The van der Waals surface area contributed by atoms with Gasteiger partial charge in [-0.1, -0.05) is 11.6 Å². The Kier molecular flexibility index (Phi) is 8.94. The SMILES string of the molecule is CN=C(NCCC1=CCOCC1)NCc1ccc(C)s1.I. The number of thiophene rings is 1. The monoisotopic (exact) mass is 421 g/mol. The normalized spacial score (nSPS) is 15.1. The molecule has 0 saturated heterocycles. The summed E-state index contributed by atoms with van der Waals surface area (Å²) in [6, 6.07) is 4.31. The highest BCUT2D eigenvalue weighted by Crippen LogP contribution is 2.14. The second-order valence-electron chi connectivity index (χ2n) is 4.80. The van der Waals surface area contributed by atoms with E-state index >= 15 is 0 Å². The Hall–Kier alpha value is -0.600. The van der Waals surface area contributed by atoms with E-state index in [1.165, 1.54) is 15.3 Å². The smallest absolute Gasteiger partial charge is 0.191 e. The Labute approximate surface area is 148 Å². The van der Waals surface area contributed by atoms with Gasteiger partial charge in [0.1, 0.15) is 0 Å². The fourth-order valence-electron chi connectivity index (χ4n) is 2.11. The zero-order valence-electron chi connectivity index (χ0n) is 12.6. The first-order valence-corrected chi connectivity index (χ1v) is 7.85. The number of hydrogen-bond donors (Lipinski definition) is 2. The molecule has 0 atom stereocenters. The first-order valence-electron chi connectivity index (χ1n) is 7.03. The van der Waals surface area contributed by atoms with Gasteiger partial charge in [-0.2, -0.15) is 0 Å². The zero-order valence-corrected chi connectivity index (χ0v) is 15.8. The van der Waals surface area contributed by atoms with E-state index in [0.29, 0.717) is 0 Å². The Morgan fingerprint density at radius 3 is 2.86 bits per heavy atom. The minimum Gasteiger partial charge on any atom is -0.377 e. The summed E-state index contributed by atoms with van der Waals surface area (Å²) in [4.78, 5) is 6.92. The quantitative estimate of drug-likeness (QED) is 0.333. The van der Waals surface area contributed by atoms with Crippen LogP contribution in [-0.4, -0.2) is 32.8 Å². The third-order valence-electron chi connectivity index (χ3n) is 3.25. The fourth-order valence-corrected chi connectivity index (χ4v) is 2.94. The Morgan fingerprint density at radius 2 is 2.24 bits per heavy atom. The molecule has 2 rings (SSSR count). The summed E-state index contributed by atoms with van der Waals surface area (Å²) in [6.07, 6.45) is 4.31. The standard InChI is InChI=1S/C15H23N3OS.HI/c1-12-3-4-14(20-12)11-18-15(16-2)17-8-5-13-6-9-19-10-7-13;/h3-4,6H,5,7-11H2,1-2H3,(H2,16,17,18);1H. The largest absolute Gasteiger partial charge is 0.377 e. The van der Waals surface area contributed by atoms with Crippen molar-refractivity contribution in [3.8, 4) is 0 Å². The molecule has 21 heavy (non-hydrogen) atoms. The fraction of sp³-hybridized carbons (Fsp3) is 0.533. The van der Waals surface area contributed by atoms with E-state index in [4.69, 9.17) is 4.74 Å². The number of ether oxygens (including phenoxy) is 1. The molecule has 2 N–H and O–H groups in total. The summed E-state index contributed by atoms with van der Waals surface area (Å²) in [7, 11) is 1.81. The summed E-state index contributed by atoms with van der Waals surface area (Å²) in [5.41, 5.74) is 1.48. The minimum absolute atomic E-state index is 0. The third-order valence-corrected chi connectivity index (χ3v) is 4.25. The maximum Gasteiger partial charge on any atom is 0.191 e. The van der Waals surface area contributed by atoms with Crippen molar-refractivity contribution in [1.29, 1.82) is 0 Å². The van der Waals surface area contributed by atoms with E-state index in [1.807, 2.05) is 18.4 Å². The number of aryl methyl sites for hydroxylation is 1. The summed E-state index contributed by atoms with van der Waals surface area (Å²) < 4.78 is 5.31. The van der Waals surface area contributed by atoms with Crippen LogP contribution in [0.15, 0.2) is 28.8 Å². The van der Waals surface area contributed by atoms with E-state index in [-0.39, 0.29) is 24.0 Å². The van der Waals surface area contributed by atoms with Gasteiger partial charge in [-0.05, 0) is 31.9 Å². The molecule has 0 unspecified atom stereocenters. The van der Waals surface area contributed by atoms with Crippen molar-refractivity contribution < 1.29 is 4.74 Å². The molecule has 0 aliphatic carbocycles. The predicted octanol–water partition coefficient (Wildman–Crippen LogP) is 3.08. The molecule has 0 saturated carbocycles. The van der Waals surface area contributed by atoms with Crippen molar-refractivity contribution in [2.24, 2.45) is 4.99 Å². The molecule has 1 aromatic heterocycles. The molecule has 0 radical (unpaired) electrons. The van der Waals surface area contributed by atoms with Gasteiger partial charge in [0, 0.05) is 23.3 Å². The molecule has 0 spiro atoms. The zero-order chi connectivity index (χ0) is 14.2. The van der Waals surface area contributed by atoms with Crippen molar-refractivity contribution in [3.63, 3.8) is 0 Å². The molecule has 0 bridgehead atoms. The number of hydrogen-bond acceptors (Lipinski definition) is 3. The molecule has 1 aromatic rings. The van der Waals surface area contributed by atoms with Crippen LogP contribution in [-0.2, 0) is 11.3 Å². The van der Waals surface area contributed by atoms with E-state index < -0.39 is 0 Å². The number of halogens is 1. The van der Waals surface area contributed by atoms with Gasteiger partial charge >= 0.3 is 0 Å². The molecule has 6 heteroatoms. The summed E-state index contributed by atoms with van der Waals surface area (Å²) in [5, 5.41) is 6.70. The van der Waals surface area contributed by atoms with Crippen LogP contribution in [0.4, 0.5) is 0 Å². The molecular weight excluding hydrogens is 397 g/mol. The van der Waals surface area contributed by atoms with Gasteiger partial charge < -0.3 is 15.4 Å². The molecule has 0 amide bonds. The average molecular weight is 421 g/mol. The lowest BCUT2D eigenvalue weighted by atomic mass is 10.1. The van der Waals surface area contributed by atoms with Crippen LogP contribution >= 0.6 is 35.3 Å². The molecule has 2 heterocycles. The van der Waals surface area contributed by atoms with Gasteiger partial charge in [0.2, 0.25) is 0 Å². The van der Waals surface area contributed by atoms with Gasteiger partial charge in [0.15, 0.2) is 5.96 Å². The lowest BCUT2D eigenvalue weighted by molar-refractivity contribution is 0.153. The lowest BCUT2D eigenvalue weighted by Gasteiger charge is -2.15. The molecule has 0 aromatic carbocycles. The number of rotatable bonds is 5. The van der Waals surface area contributed by atoms with Gasteiger partial charge in [0.25, 0.3) is 0 Å². The van der Waals surface area contributed by atoms with E-state index in [2.05, 4.69) is 40.8 Å². The van der Waals surface area contributed by atoms with Crippen LogP contribution in [0.1, 0.15) is 22.6 Å². The molecule has 118 valence electrons. The number of nitrogens with one attached hydrogen (secondary N) is 2. The summed E-state index contributed by atoms with van der Waals surface area (Å²) in [5.74, 6) is 0.865. The Bertz CT molecular complexity index is 485. The third kappa shape index (κ3) is 6.80. The molecular formula is C15H24IN3OS. The van der Waals surface area contributed by atoms with Crippen molar-refractivity contribution in [3.05, 3.63) is 33.5 Å². The summed E-state index contributed by atoms with van der Waals surface area (Å²) >= 11 is 1.82. The topological polar surface area (TPSA) is 45.7 Å². The maximum absolute atomic E-state index is 5.31. The van der Waals surface area contributed by atoms with Crippen LogP contribution in [0.3, 0.4) is 0 Å². The van der Waals surface area contributed by atoms with Gasteiger partial charge in [-0.15, -0.1) is 35.3 Å². The molecule has 1 aliphatic heterocycles. The first kappa shape index (κ1) is 18.4. The number of nitrogens with zero attached hydrogens (tertiary/aromatic N) is 1. The van der Waals surface area contributed by atoms with Crippen molar-refractivity contribution in [2.75, 3.05) is 26.8 Å². The van der Waals surface area contributed by atoms with Crippen molar-refractivity contribution >= 4 is 41.3 Å². The van der Waals surface area contributed by atoms with E-state index in [0.717, 1.165) is 45.1 Å². The molecule has 1 aliphatic rings. The van der Waals surface area contributed by atoms with Crippen molar-refractivity contribution in [1.82, 2.24) is 10.6 Å². The van der Waals surface area contributed by atoms with E-state index in [1.54, 1.807) is 0 Å². The predicted molar refractivity (Wildman–Crippen MR) is 101 cm³/mol. The van der Waals surface area contributed by atoms with Gasteiger partial charge in [-0.3, -0.25) is 4.99 Å². The molecule has 4 nitrogen and oxygen atoms in total. The Balaban J connectivity index is 0.00000220. The van der Waals surface area contributed by atoms with E-state index in [9.17, 15) is 0 Å². The van der Waals surface area contributed by atoms with Gasteiger partial charge in [-0.25, -0.2) is 0 Å². The lowest BCUT2D eigenvalue weighted by Crippen LogP contribution is -2.37. The van der Waals surface area contributed by atoms with Crippen LogP contribution in [0, 0.1) is 6.92 Å². The molecule has 0 fully saturated rings. The second kappa shape index (κ2) is 10.2. The van der Waals surface area contributed by atoms with Crippen LogP contribution in [0.5, 0.6) is 0 Å². The number of aliphatic imine (C=N–C) groups is 1. The summed E-state index contributed by atoms with van der Waals surface area (Å²) in [6.45, 7) is 5.49. The highest BCUT2D eigenvalue weighted by Gasteiger charge is 2.04. The Morgan fingerprint density at radius 1 is 1.38 bits per heavy atom. The maximum atomic E-state index is 5.31. The number of guanidine groups is 1. The van der Waals surface area contributed by atoms with Crippen LogP contribution < -0.4 is 10.6 Å². The average Bonchev–Trinajstić information content (AvgIpc) is 2.89. The van der Waals surface area contributed by atoms with Crippen LogP contribution in [0.2, 0.25) is 0 Å². The van der Waals surface area contributed by atoms with Crippen molar-refractivity contribution in [2.45, 2.75) is 26.3 Å².